The summed E-state index contributed by atoms with van der Waals surface area (Å²) in [5.41, 5.74) is 3.32. The third kappa shape index (κ3) is 10.3. The van der Waals surface area contributed by atoms with E-state index in [1.54, 1.807) is 24.4 Å². The van der Waals surface area contributed by atoms with Crippen LogP contribution in [0.25, 0.3) is 0 Å². The second kappa shape index (κ2) is 13.8. The molecule has 0 unspecified atom stereocenters. The van der Waals surface area contributed by atoms with Crippen LogP contribution in [-0.2, 0) is 11.0 Å². The van der Waals surface area contributed by atoms with Crippen LogP contribution in [0, 0.1) is 0 Å². The summed E-state index contributed by atoms with van der Waals surface area (Å²) in [6.07, 6.45) is 8.54. The number of hydrogen-bond acceptors (Lipinski definition) is 0. The fraction of sp³-hybridized carbons (Fsp3) is 0.739. The molecule has 0 N–H and O–H groups in total. The van der Waals surface area contributed by atoms with E-state index in [0.717, 1.165) is 11.0 Å². The van der Waals surface area contributed by atoms with Crippen LogP contribution in [0.1, 0.15) is 70.4 Å². The van der Waals surface area contributed by atoms with Gasteiger partial charge in [0.2, 0.25) is 0 Å². The van der Waals surface area contributed by atoms with Crippen LogP contribution < -0.4 is 24.0 Å². The molecule has 26 heavy (non-hydrogen) atoms. The molecule has 0 atom stereocenters. The van der Waals surface area contributed by atoms with Gasteiger partial charge >= 0.3 is 163 Å². The summed E-state index contributed by atoms with van der Waals surface area (Å²) in [5, 5.41) is 0. The van der Waals surface area contributed by atoms with Crippen LogP contribution in [-0.4, -0.2) is 44.0 Å². The summed E-state index contributed by atoms with van der Waals surface area (Å²) >= 11 is -2.10. The van der Waals surface area contributed by atoms with Gasteiger partial charge in [-0.1, -0.05) is 0 Å². The molecule has 0 amide bonds. The molecule has 0 aromatic heterocycles. The SMILES string of the molecule is CCC[CH2][Sn]([CH2]CCC)([CH2]CCC)[CH2]c1ccccc1C[N+](C)(C)C.[I-]. The zero-order chi connectivity index (χ0) is 18.8. The molecule has 0 saturated carbocycles. The van der Waals surface area contributed by atoms with Gasteiger partial charge in [0.05, 0.1) is 0 Å². The maximum absolute atomic E-state index is 2.46. The Bertz CT molecular complexity index is 460. The third-order valence-electron chi connectivity index (χ3n) is 5.51. The Morgan fingerprint density at radius 1 is 0.731 bits per heavy atom. The summed E-state index contributed by atoms with van der Waals surface area (Å²) in [4.78, 5) is 0. The largest absolute Gasteiger partial charge is 1.00 e. The Hall–Kier alpha value is 0.709. The second-order valence-electron chi connectivity index (χ2n) is 9.20. The van der Waals surface area contributed by atoms with Crippen molar-refractivity contribution in [3.05, 3.63) is 35.4 Å². The summed E-state index contributed by atoms with van der Waals surface area (Å²) in [7, 11) is 6.95. The molecule has 1 nitrogen and oxygen atoms in total. The molecular weight excluding hydrogens is 536 g/mol. The van der Waals surface area contributed by atoms with E-state index in [9.17, 15) is 0 Å². The first-order chi connectivity index (χ1) is 11.9. The van der Waals surface area contributed by atoms with Crippen LogP contribution in [0.2, 0.25) is 13.3 Å². The topological polar surface area (TPSA) is 0 Å². The molecule has 3 heteroatoms. The van der Waals surface area contributed by atoms with E-state index in [0.29, 0.717) is 0 Å². The van der Waals surface area contributed by atoms with Crippen molar-refractivity contribution >= 4 is 18.4 Å². The molecule has 152 valence electrons. The third-order valence-corrected chi connectivity index (χ3v) is 20.8. The molecule has 0 fully saturated rings. The average Bonchev–Trinajstić information content (AvgIpc) is 2.56. The van der Waals surface area contributed by atoms with E-state index >= 15 is 0 Å². The molecule has 1 rings (SSSR count). The summed E-state index contributed by atoms with van der Waals surface area (Å²) in [6, 6.07) is 9.38. The number of quaternary nitrogens is 1. The number of unbranched alkanes of at least 4 members (excludes halogenated alkanes) is 3. The molecule has 0 aliphatic carbocycles. The Labute approximate surface area is 185 Å². The monoisotopic (exact) mass is 581 g/mol. The Kier molecular flexibility index (Phi) is 14.2. The normalized spacial score (nSPS) is 12.1. The van der Waals surface area contributed by atoms with Crippen LogP contribution >= 0.6 is 0 Å². The van der Waals surface area contributed by atoms with Gasteiger partial charge in [-0.3, -0.25) is 0 Å². The number of nitrogens with zero attached hydrogens (tertiary/aromatic N) is 1. The molecule has 0 saturated heterocycles. The van der Waals surface area contributed by atoms with Gasteiger partial charge in [0.1, 0.15) is 0 Å². The molecular formula is C23H44INSn. The van der Waals surface area contributed by atoms with Crippen LogP contribution in [0.15, 0.2) is 24.3 Å². The quantitative estimate of drug-likeness (QED) is 0.189. The van der Waals surface area contributed by atoms with Gasteiger partial charge in [-0.25, -0.2) is 0 Å². The average molecular weight is 580 g/mol. The summed E-state index contributed by atoms with van der Waals surface area (Å²) in [5.74, 6) is 0. The first-order valence-electron chi connectivity index (χ1n) is 10.7. The van der Waals surface area contributed by atoms with Crippen molar-refractivity contribution in [3.8, 4) is 0 Å². The molecule has 0 aliphatic heterocycles. The molecule has 0 bridgehead atoms. The minimum absolute atomic E-state index is 0. The van der Waals surface area contributed by atoms with Crippen molar-refractivity contribution in [3.63, 3.8) is 0 Å². The predicted molar refractivity (Wildman–Crippen MR) is 117 cm³/mol. The minimum Gasteiger partial charge on any atom is -1.00 e. The van der Waals surface area contributed by atoms with Gasteiger partial charge in [-0.15, -0.1) is 0 Å². The van der Waals surface area contributed by atoms with Crippen molar-refractivity contribution in [2.75, 3.05) is 21.1 Å². The van der Waals surface area contributed by atoms with Gasteiger partial charge in [0.15, 0.2) is 0 Å². The van der Waals surface area contributed by atoms with E-state index in [-0.39, 0.29) is 24.0 Å². The van der Waals surface area contributed by atoms with Crippen LogP contribution in [0.4, 0.5) is 0 Å². The molecule has 1 aromatic carbocycles. The first kappa shape index (κ1) is 26.7. The zero-order valence-electron chi connectivity index (χ0n) is 18.4. The van der Waals surface area contributed by atoms with Crippen molar-refractivity contribution in [1.29, 1.82) is 0 Å². The number of rotatable bonds is 13. The molecule has 0 spiro atoms. The van der Waals surface area contributed by atoms with E-state index < -0.39 is 18.4 Å². The maximum atomic E-state index is 2.46. The summed E-state index contributed by atoms with van der Waals surface area (Å²) < 4.78 is 7.36. The molecule has 0 aliphatic rings. The van der Waals surface area contributed by atoms with Crippen molar-refractivity contribution in [2.24, 2.45) is 0 Å². The maximum Gasteiger partial charge on any atom is -1.00 e. The van der Waals surface area contributed by atoms with Gasteiger partial charge in [0.25, 0.3) is 0 Å². The van der Waals surface area contributed by atoms with Crippen LogP contribution in [0.5, 0.6) is 0 Å². The Morgan fingerprint density at radius 3 is 1.54 bits per heavy atom. The van der Waals surface area contributed by atoms with E-state index in [2.05, 4.69) is 66.2 Å². The molecule has 1 aromatic rings. The number of hydrogen-bond donors (Lipinski definition) is 0. The minimum atomic E-state index is -2.10. The Morgan fingerprint density at radius 2 is 1.15 bits per heavy atom. The summed E-state index contributed by atoms with van der Waals surface area (Å²) in [6.45, 7) is 8.29. The van der Waals surface area contributed by atoms with Gasteiger partial charge in [0, 0.05) is 0 Å². The van der Waals surface area contributed by atoms with Crippen molar-refractivity contribution in [2.45, 2.75) is 83.6 Å². The van der Waals surface area contributed by atoms with E-state index in [1.807, 2.05) is 0 Å². The second-order valence-corrected chi connectivity index (χ2v) is 23.1. The van der Waals surface area contributed by atoms with Gasteiger partial charge in [-0.05, 0) is 0 Å². The van der Waals surface area contributed by atoms with E-state index in [1.165, 1.54) is 43.0 Å². The van der Waals surface area contributed by atoms with Crippen LogP contribution in [0.3, 0.4) is 0 Å². The molecule has 0 radical (unpaired) electrons. The van der Waals surface area contributed by atoms with Gasteiger partial charge in [-0.2, -0.15) is 0 Å². The predicted octanol–water partition coefficient (Wildman–Crippen LogP) is 3.83. The van der Waals surface area contributed by atoms with Crippen molar-refractivity contribution < 1.29 is 28.5 Å². The van der Waals surface area contributed by atoms with E-state index in [4.69, 9.17) is 0 Å². The smallest absolute Gasteiger partial charge is 1.00 e. The number of halogens is 1. The van der Waals surface area contributed by atoms with Crippen molar-refractivity contribution in [1.82, 2.24) is 0 Å². The fourth-order valence-corrected chi connectivity index (χ4v) is 20.5. The molecule has 0 heterocycles. The zero-order valence-corrected chi connectivity index (χ0v) is 23.4. The van der Waals surface area contributed by atoms with Gasteiger partial charge < -0.3 is 24.0 Å². The Balaban J connectivity index is 0.00000625. The fourth-order valence-electron chi connectivity index (χ4n) is 4.09. The first-order valence-corrected chi connectivity index (χ1v) is 18.8. The number of benzene rings is 1. The standard InChI is InChI=1S/C11H17N.3C4H9.HI.Sn/c1-10-7-5-6-8-11(10)9-12(2,3)4;3*1-3-4-2;;/h5-8H,1,9H2,2-4H3;3*1,3-4H2,2H3;1H;/q+1;;;;;/p-1.